The third-order valence-electron chi connectivity index (χ3n) is 5.30. The fourth-order valence-corrected chi connectivity index (χ4v) is 3.80. The van der Waals surface area contributed by atoms with Gasteiger partial charge in [-0.05, 0) is 25.0 Å². The van der Waals surface area contributed by atoms with Crippen LogP contribution in [-0.2, 0) is 23.7 Å². The number of hydrogen-bond acceptors (Lipinski definition) is 5. The highest BCUT2D eigenvalue weighted by molar-refractivity contribution is 5.15. The van der Waals surface area contributed by atoms with Crippen molar-refractivity contribution >= 4 is 0 Å². The second-order valence-corrected chi connectivity index (χ2v) is 7.41. The first-order valence-electron chi connectivity index (χ1n) is 9.49. The molecule has 0 fully saturated rings. The Morgan fingerprint density at radius 1 is 0.852 bits per heavy atom. The van der Waals surface area contributed by atoms with Gasteiger partial charge in [0.2, 0.25) is 0 Å². The van der Waals surface area contributed by atoms with E-state index in [1.54, 1.807) is 26.4 Å². The zero-order valence-corrected chi connectivity index (χ0v) is 17.4. The summed E-state index contributed by atoms with van der Waals surface area (Å²) in [7, 11) is 3.32. The summed E-state index contributed by atoms with van der Waals surface area (Å²) in [4.78, 5) is 0. The fourth-order valence-electron chi connectivity index (χ4n) is 3.80. The van der Waals surface area contributed by atoms with Gasteiger partial charge in [-0.15, -0.1) is 13.2 Å². The largest absolute Gasteiger partial charge is 0.375 e. The van der Waals surface area contributed by atoms with E-state index in [2.05, 4.69) is 39.2 Å². The van der Waals surface area contributed by atoms with E-state index in [1.165, 1.54) is 0 Å². The maximum atomic E-state index is 6.24. The molecular weight excluding hydrogens is 344 g/mol. The number of methoxy groups -OCH3 is 2. The van der Waals surface area contributed by atoms with Gasteiger partial charge in [0.05, 0.1) is 12.2 Å². The molecule has 0 amide bonds. The Kier molecular flexibility index (Phi) is 8.01. The summed E-state index contributed by atoms with van der Waals surface area (Å²) >= 11 is 0. The molecule has 0 aromatic heterocycles. The molecule has 0 aromatic rings. The minimum Gasteiger partial charge on any atom is -0.375 e. The van der Waals surface area contributed by atoms with Gasteiger partial charge in [0.15, 0.2) is 12.6 Å². The highest BCUT2D eigenvalue weighted by Gasteiger charge is 2.38. The zero-order valence-electron chi connectivity index (χ0n) is 17.4. The van der Waals surface area contributed by atoms with Crippen molar-refractivity contribution in [3.05, 3.63) is 48.6 Å². The molecular formula is C22H34O5. The molecule has 0 spiro atoms. The van der Waals surface area contributed by atoms with E-state index in [-0.39, 0.29) is 36.3 Å². The maximum Gasteiger partial charge on any atom is 0.183 e. The highest BCUT2D eigenvalue weighted by atomic mass is 16.8. The van der Waals surface area contributed by atoms with Crippen LogP contribution in [0.4, 0.5) is 0 Å². The molecule has 152 valence electrons. The Morgan fingerprint density at radius 3 is 1.52 bits per heavy atom. The van der Waals surface area contributed by atoms with E-state index in [0.717, 1.165) is 11.1 Å². The topological polar surface area (TPSA) is 46.2 Å². The van der Waals surface area contributed by atoms with Crippen molar-refractivity contribution < 1.29 is 23.7 Å². The summed E-state index contributed by atoms with van der Waals surface area (Å²) in [5.41, 5.74) is 2.05. The van der Waals surface area contributed by atoms with Crippen LogP contribution >= 0.6 is 0 Å². The van der Waals surface area contributed by atoms with E-state index in [0.29, 0.717) is 0 Å². The Balaban J connectivity index is 2.16. The van der Waals surface area contributed by atoms with E-state index < -0.39 is 12.6 Å². The molecule has 5 heteroatoms. The van der Waals surface area contributed by atoms with Crippen molar-refractivity contribution in [1.82, 2.24) is 0 Å². The van der Waals surface area contributed by atoms with Gasteiger partial charge in [-0.1, -0.05) is 38.2 Å². The summed E-state index contributed by atoms with van der Waals surface area (Å²) in [6, 6.07) is 0. The average molecular weight is 379 g/mol. The third-order valence-corrected chi connectivity index (χ3v) is 5.30. The van der Waals surface area contributed by atoms with Gasteiger partial charge in [-0.3, -0.25) is 0 Å². The lowest BCUT2D eigenvalue weighted by molar-refractivity contribution is -0.270. The van der Waals surface area contributed by atoms with Crippen molar-refractivity contribution in [2.75, 3.05) is 14.2 Å². The molecule has 0 aliphatic carbocycles. The molecule has 2 aliphatic rings. The van der Waals surface area contributed by atoms with Gasteiger partial charge in [0, 0.05) is 26.1 Å². The minimum atomic E-state index is -0.504. The second kappa shape index (κ2) is 9.80. The first-order chi connectivity index (χ1) is 12.9. The van der Waals surface area contributed by atoms with Crippen molar-refractivity contribution in [1.29, 1.82) is 0 Å². The molecule has 2 aliphatic heterocycles. The standard InChI is InChI=1S/C22H34O5/c1-9-17(23-7)19-13(3)11-15(5)21(25-19)27-22-16(6)12-14(4)20(26-22)18(10-2)24-8/h9-14,17-22H,1-2H2,3-8H3/t13-,14?,17+,18+,19?,20?,21-,22-/m1/s1. The van der Waals surface area contributed by atoms with Crippen LogP contribution in [0.1, 0.15) is 27.7 Å². The maximum absolute atomic E-state index is 6.24. The predicted octanol–water partition coefficient (Wildman–Crippen LogP) is 4.02. The molecule has 0 radical (unpaired) electrons. The minimum absolute atomic E-state index is 0.163. The van der Waals surface area contributed by atoms with Gasteiger partial charge in [0.1, 0.15) is 12.2 Å². The SMILES string of the molecule is C=C[C@H](OC)C1O[C@H](O[C@H]2OC([C@H](C=C)OC)[C@H](C)C=C2C)C(C)=CC1C. The van der Waals surface area contributed by atoms with Crippen molar-refractivity contribution in [3.8, 4) is 0 Å². The summed E-state index contributed by atoms with van der Waals surface area (Å²) in [6.07, 6.45) is 6.12. The molecule has 0 saturated heterocycles. The van der Waals surface area contributed by atoms with E-state index >= 15 is 0 Å². The number of hydrogen-bond donors (Lipinski definition) is 0. The van der Waals surface area contributed by atoms with E-state index in [1.807, 2.05) is 13.8 Å². The third kappa shape index (κ3) is 4.98. The smallest absolute Gasteiger partial charge is 0.183 e. The van der Waals surface area contributed by atoms with Crippen LogP contribution in [0.25, 0.3) is 0 Å². The van der Waals surface area contributed by atoms with Crippen LogP contribution in [0.5, 0.6) is 0 Å². The van der Waals surface area contributed by atoms with Gasteiger partial charge in [0.25, 0.3) is 0 Å². The Labute approximate surface area is 163 Å². The van der Waals surface area contributed by atoms with E-state index in [9.17, 15) is 0 Å². The highest BCUT2D eigenvalue weighted by Crippen LogP contribution is 2.33. The van der Waals surface area contributed by atoms with Crippen molar-refractivity contribution in [2.24, 2.45) is 11.8 Å². The zero-order chi connectivity index (χ0) is 20.1. The predicted molar refractivity (Wildman–Crippen MR) is 106 cm³/mol. The second-order valence-electron chi connectivity index (χ2n) is 7.41. The number of ether oxygens (including phenoxy) is 5. The quantitative estimate of drug-likeness (QED) is 0.597. The summed E-state index contributed by atoms with van der Waals surface area (Å²) < 4.78 is 29.7. The lowest BCUT2D eigenvalue weighted by Crippen LogP contribution is -2.46. The van der Waals surface area contributed by atoms with Crippen LogP contribution in [0.15, 0.2) is 48.6 Å². The van der Waals surface area contributed by atoms with Crippen molar-refractivity contribution in [3.63, 3.8) is 0 Å². The molecule has 2 heterocycles. The average Bonchev–Trinajstić information content (AvgIpc) is 2.63. The molecule has 0 N–H and O–H groups in total. The molecule has 3 unspecified atom stereocenters. The summed E-state index contributed by atoms with van der Waals surface area (Å²) in [6.45, 7) is 15.9. The lowest BCUT2D eigenvalue weighted by atomic mass is 9.93. The van der Waals surface area contributed by atoms with Gasteiger partial charge < -0.3 is 23.7 Å². The first-order valence-corrected chi connectivity index (χ1v) is 9.49. The fraction of sp³-hybridized carbons (Fsp3) is 0.636. The Bertz CT molecular complexity index is 531. The summed E-state index contributed by atoms with van der Waals surface area (Å²) in [5, 5.41) is 0. The van der Waals surface area contributed by atoms with Gasteiger partial charge in [-0.25, -0.2) is 0 Å². The van der Waals surface area contributed by atoms with Crippen LogP contribution in [0.3, 0.4) is 0 Å². The molecule has 8 atom stereocenters. The monoisotopic (exact) mass is 378 g/mol. The Hall–Kier alpha value is -1.24. The molecule has 0 aromatic carbocycles. The van der Waals surface area contributed by atoms with Crippen molar-refractivity contribution in [2.45, 2.75) is 64.7 Å². The molecule has 0 saturated carbocycles. The van der Waals surface area contributed by atoms with Crippen LogP contribution in [0.2, 0.25) is 0 Å². The lowest BCUT2D eigenvalue weighted by Gasteiger charge is -2.40. The molecule has 2 rings (SSSR count). The normalized spacial score (nSPS) is 36.4. The van der Waals surface area contributed by atoms with Gasteiger partial charge >= 0.3 is 0 Å². The Morgan fingerprint density at radius 2 is 1.22 bits per heavy atom. The molecule has 27 heavy (non-hydrogen) atoms. The molecule has 5 nitrogen and oxygen atoms in total. The van der Waals surface area contributed by atoms with Crippen LogP contribution < -0.4 is 0 Å². The van der Waals surface area contributed by atoms with Crippen LogP contribution in [-0.4, -0.2) is 51.2 Å². The number of rotatable bonds is 8. The van der Waals surface area contributed by atoms with Crippen LogP contribution in [0, 0.1) is 11.8 Å². The molecule has 0 bridgehead atoms. The summed E-state index contributed by atoms with van der Waals surface area (Å²) in [5.74, 6) is 0.395. The van der Waals surface area contributed by atoms with E-state index in [4.69, 9.17) is 23.7 Å². The van der Waals surface area contributed by atoms with Gasteiger partial charge in [-0.2, -0.15) is 0 Å². The first kappa shape index (κ1) is 22.1.